The summed E-state index contributed by atoms with van der Waals surface area (Å²) < 4.78 is 6.71. The van der Waals surface area contributed by atoms with E-state index in [0.29, 0.717) is 12.3 Å². The molecule has 1 amide bonds. The predicted molar refractivity (Wildman–Crippen MR) is 66.0 cm³/mol. The zero-order valence-corrected chi connectivity index (χ0v) is 9.93. The second kappa shape index (κ2) is 4.86. The van der Waals surface area contributed by atoms with Crippen LogP contribution in [0.3, 0.4) is 0 Å². The molecule has 0 unspecified atom stereocenters. The van der Waals surface area contributed by atoms with Crippen molar-refractivity contribution in [2.75, 3.05) is 11.9 Å². The summed E-state index contributed by atoms with van der Waals surface area (Å²) in [5.74, 6) is 0. The average Bonchev–Trinajstić information content (AvgIpc) is 2.68. The third-order valence-corrected chi connectivity index (χ3v) is 2.43. The number of hydrogen-bond acceptors (Lipinski definition) is 3. The molecule has 0 saturated heterocycles. The number of hydrogen-bond donors (Lipinski definition) is 1. The van der Waals surface area contributed by atoms with Crippen molar-refractivity contribution in [2.45, 2.75) is 13.3 Å². The van der Waals surface area contributed by atoms with E-state index in [1.165, 1.54) is 0 Å². The van der Waals surface area contributed by atoms with Crippen LogP contribution in [0.15, 0.2) is 24.4 Å². The summed E-state index contributed by atoms with van der Waals surface area (Å²) in [5.41, 5.74) is 1.68. The number of benzene rings is 1. The summed E-state index contributed by atoms with van der Waals surface area (Å²) in [4.78, 5) is 11.4. The first-order valence-electron chi connectivity index (χ1n) is 5.56. The average molecular weight is 233 g/mol. The molecule has 5 heteroatoms. The Morgan fingerprint density at radius 1 is 1.53 bits per heavy atom. The van der Waals surface area contributed by atoms with Gasteiger partial charge in [0.1, 0.15) is 0 Å². The third kappa shape index (κ3) is 2.55. The second-order valence-corrected chi connectivity index (χ2v) is 3.80. The Kier molecular flexibility index (Phi) is 3.27. The first-order chi connectivity index (χ1) is 8.20. The van der Waals surface area contributed by atoms with E-state index in [1.54, 1.807) is 10.9 Å². The Morgan fingerprint density at radius 3 is 3.12 bits per heavy atom. The van der Waals surface area contributed by atoms with Gasteiger partial charge < -0.3 is 4.74 Å². The van der Waals surface area contributed by atoms with Gasteiger partial charge in [-0.1, -0.05) is 6.92 Å². The van der Waals surface area contributed by atoms with Crippen LogP contribution in [-0.2, 0) is 11.8 Å². The Labute approximate surface area is 99.4 Å². The summed E-state index contributed by atoms with van der Waals surface area (Å²) >= 11 is 0. The van der Waals surface area contributed by atoms with Crippen molar-refractivity contribution in [3.05, 3.63) is 24.4 Å². The molecule has 1 heterocycles. The standard InChI is InChI=1S/C12H15N3O2/c1-3-6-17-12(16)14-10-5-4-9-8-13-15(2)11(9)7-10/h4-5,7-8H,3,6H2,1-2H3,(H,14,16). The van der Waals surface area contributed by atoms with Gasteiger partial charge in [-0.3, -0.25) is 10.00 Å². The van der Waals surface area contributed by atoms with Gasteiger partial charge in [-0.25, -0.2) is 4.79 Å². The highest BCUT2D eigenvalue weighted by atomic mass is 16.5. The highest BCUT2D eigenvalue weighted by Gasteiger charge is 2.05. The molecular formula is C12H15N3O2. The molecule has 5 nitrogen and oxygen atoms in total. The fraction of sp³-hybridized carbons (Fsp3) is 0.333. The lowest BCUT2D eigenvalue weighted by Gasteiger charge is -2.06. The van der Waals surface area contributed by atoms with Crippen LogP contribution in [0.25, 0.3) is 10.9 Å². The van der Waals surface area contributed by atoms with Crippen LogP contribution >= 0.6 is 0 Å². The van der Waals surface area contributed by atoms with Gasteiger partial charge >= 0.3 is 6.09 Å². The second-order valence-electron chi connectivity index (χ2n) is 3.80. The highest BCUT2D eigenvalue weighted by molar-refractivity contribution is 5.89. The van der Waals surface area contributed by atoms with Crippen molar-refractivity contribution < 1.29 is 9.53 Å². The molecule has 0 aliphatic heterocycles. The molecule has 90 valence electrons. The molecule has 1 N–H and O–H groups in total. The summed E-state index contributed by atoms with van der Waals surface area (Å²) in [6, 6.07) is 5.62. The zero-order valence-electron chi connectivity index (χ0n) is 9.93. The number of rotatable bonds is 3. The quantitative estimate of drug-likeness (QED) is 0.886. The first-order valence-corrected chi connectivity index (χ1v) is 5.56. The summed E-state index contributed by atoms with van der Waals surface area (Å²) in [7, 11) is 1.86. The van der Waals surface area contributed by atoms with Gasteiger partial charge in [0, 0.05) is 18.1 Å². The maximum Gasteiger partial charge on any atom is 0.411 e. The first kappa shape index (κ1) is 11.4. The summed E-state index contributed by atoms with van der Waals surface area (Å²) in [6.07, 6.45) is 2.18. The molecule has 0 atom stereocenters. The molecule has 0 radical (unpaired) electrons. The molecule has 0 aliphatic carbocycles. The van der Waals surface area contributed by atoms with Gasteiger partial charge in [-0.05, 0) is 24.6 Å². The van der Waals surface area contributed by atoms with E-state index in [4.69, 9.17) is 4.74 Å². The normalized spacial score (nSPS) is 10.5. The predicted octanol–water partition coefficient (Wildman–Crippen LogP) is 2.53. The molecule has 0 spiro atoms. The Balaban J connectivity index is 2.13. The van der Waals surface area contributed by atoms with Crippen LogP contribution in [-0.4, -0.2) is 22.5 Å². The lowest BCUT2D eigenvalue weighted by atomic mass is 10.2. The topological polar surface area (TPSA) is 56.1 Å². The van der Waals surface area contributed by atoms with E-state index in [1.807, 2.05) is 32.2 Å². The van der Waals surface area contributed by atoms with E-state index in [9.17, 15) is 4.79 Å². The number of carbonyl (C=O) groups is 1. The Hall–Kier alpha value is -2.04. The Morgan fingerprint density at radius 2 is 2.35 bits per heavy atom. The van der Waals surface area contributed by atoms with Crippen molar-refractivity contribution in [2.24, 2.45) is 7.05 Å². The number of nitrogens with one attached hydrogen (secondary N) is 1. The molecule has 17 heavy (non-hydrogen) atoms. The zero-order chi connectivity index (χ0) is 12.3. The van der Waals surface area contributed by atoms with Gasteiger partial charge in [-0.15, -0.1) is 0 Å². The number of amides is 1. The van der Waals surface area contributed by atoms with Crippen LogP contribution in [0.2, 0.25) is 0 Å². The molecule has 0 saturated carbocycles. The maximum absolute atomic E-state index is 11.4. The van der Waals surface area contributed by atoms with Crippen molar-refractivity contribution in [1.82, 2.24) is 9.78 Å². The van der Waals surface area contributed by atoms with Crippen LogP contribution in [0, 0.1) is 0 Å². The van der Waals surface area contributed by atoms with Crippen molar-refractivity contribution in [3.63, 3.8) is 0 Å². The SMILES string of the molecule is CCCOC(=O)Nc1ccc2cnn(C)c2c1. The molecule has 1 aromatic heterocycles. The number of nitrogens with zero attached hydrogens (tertiary/aromatic N) is 2. The minimum absolute atomic E-state index is 0.423. The number of aryl methyl sites for hydroxylation is 1. The number of fused-ring (bicyclic) bond motifs is 1. The fourth-order valence-corrected chi connectivity index (χ4v) is 1.57. The molecule has 1 aromatic carbocycles. The van der Waals surface area contributed by atoms with Gasteiger partial charge in [0.25, 0.3) is 0 Å². The Bertz CT molecular complexity index is 534. The van der Waals surface area contributed by atoms with E-state index in [-0.39, 0.29) is 0 Å². The van der Waals surface area contributed by atoms with Crippen molar-refractivity contribution in [3.8, 4) is 0 Å². The van der Waals surface area contributed by atoms with Crippen molar-refractivity contribution >= 4 is 22.7 Å². The lowest BCUT2D eigenvalue weighted by molar-refractivity contribution is 0.161. The van der Waals surface area contributed by atoms with Crippen molar-refractivity contribution in [1.29, 1.82) is 0 Å². The molecular weight excluding hydrogens is 218 g/mol. The molecule has 0 fully saturated rings. The van der Waals surface area contributed by atoms with Gasteiger partial charge in [0.05, 0.1) is 18.3 Å². The minimum Gasteiger partial charge on any atom is -0.449 e. The fourth-order valence-electron chi connectivity index (χ4n) is 1.57. The summed E-state index contributed by atoms with van der Waals surface area (Å²) in [5, 5.41) is 7.86. The third-order valence-electron chi connectivity index (χ3n) is 2.43. The van der Waals surface area contributed by atoms with E-state index in [2.05, 4.69) is 10.4 Å². The number of ether oxygens (including phenoxy) is 1. The van der Waals surface area contributed by atoms with Gasteiger partial charge in [0.2, 0.25) is 0 Å². The summed E-state index contributed by atoms with van der Waals surface area (Å²) in [6.45, 7) is 2.38. The van der Waals surface area contributed by atoms with Crippen LogP contribution < -0.4 is 5.32 Å². The number of carbonyl (C=O) groups excluding carboxylic acids is 1. The van der Waals surface area contributed by atoms with E-state index in [0.717, 1.165) is 17.3 Å². The maximum atomic E-state index is 11.4. The van der Waals surface area contributed by atoms with Gasteiger partial charge in [-0.2, -0.15) is 5.10 Å². The van der Waals surface area contributed by atoms with Gasteiger partial charge in [0.15, 0.2) is 0 Å². The smallest absolute Gasteiger partial charge is 0.411 e. The molecule has 2 aromatic rings. The van der Waals surface area contributed by atoms with Crippen LogP contribution in [0.5, 0.6) is 0 Å². The van der Waals surface area contributed by atoms with E-state index < -0.39 is 6.09 Å². The molecule has 0 bridgehead atoms. The minimum atomic E-state index is -0.423. The number of aromatic nitrogens is 2. The van der Waals surface area contributed by atoms with Crippen LogP contribution in [0.4, 0.5) is 10.5 Å². The molecule has 2 rings (SSSR count). The van der Waals surface area contributed by atoms with Crippen LogP contribution in [0.1, 0.15) is 13.3 Å². The lowest BCUT2D eigenvalue weighted by Crippen LogP contribution is -2.13. The monoisotopic (exact) mass is 233 g/mol. The number of anilines is 1. The molecule has 0 aliphatic rings. The highest BCUT2D eigenvalue weighted by Crippen LogP contribution is 2.18. The van der Waals surface area contributed by atoms with E-state index >= 15 is 0 Å². The largest absolute Gasteiger partial charge is 0.449 e.